The van der Waals surface area contributed by atoms with Gasteiger partial charge in [-0.2, -0.15) is 0 Å². The van der Waals surface area contributed by atoms with Crippen LogP contribution in [-0.4, -0.2) is 12.5 Å². The van der Waals surface area contributed by atoms with E-state index < -0.39 is 0 Å². The highest BCUT2D eigenvalue weighted by Crippen LogP contribution is 2.01. The molecule has 86 valence electrons. The molecule has 0 aromatic heterocycles. The van der Waals surface area contributed by atoms with Crippen LogP contribution in [0.5, 0.6) is 0 Å². The van der Waals surface area contributed by atoms with E-state index in [4.69, 9.17) is 0 Å². The maximum atomic E-state index is 11.0. The summed E-state index contributed by atoms with van der Waals surface area (Å²) in [5.41, 5.74) is 0. The Morgan fingerprint density at radius 3 is 2.33 bits per heavy atom. The first kappa shape index (κ1) is 13.9. The molecule has 0 aliphatic heterocycles. The molecule has 0 saturated heterocycles. The molecular formula is C13H23NO. The van der Waals surface area contributed by atoms with Crippen molar-refractivity contribution in [1.82, 2.24) is 5.32 Å². The van der Waals surface area contributed by atoms with E-state index in [1.165, 1.54) is 6.42 Å². The van der Waals surface area contributed by atoms with Crippen LogP contribution in [0.15, 0.2) is 24.3 Å². The number of rotatable bonds is 8. The van der Waals surface area contributed by atoms with Crippen LogP contribution in [-0.2, 0) is 4.79 Å². The van der Waals surface area contributed by atoms with Crippen molar-refractivity contribution in [2.45, 2.75) is 46.0 Å². The number of carbonyl (C=O) groups excluding carboxylic acids is 1. The van der Waals surface area contributed by atoms with Gasteiger partial charge in [-0.05, 0) is 45.1 Å². The lowest BCUT2D eigenvalue weighted by molar-refractivity contribution is -0.116. The number of amides is 1. The van der Waals surface area contributed by atoms with Crippen LogP contribution in [0.1, 0.15) is 46.0 Å². The van der Waals surface area contributed by atoms with Crippen molar-refractivity contribution in [3.8, 4) is 0 Å². The predicted molar refractivity (Wildman–Crippen MR) is 65.7 cm³/mol. The molecule has 0 bridgehead atoms. The van der Waals surface area contributed by atoms with Crippen LogP contribution in [0.2, 0.25) is 0 Å². The molecule has 15 heavy (non-hydrogen) atoms. The lowest BCUT2D eigenvalue weighted by atomic mass is 10.1. The average Bonchev–Trinajstić information content (AvgIpc) is 2.22. The Morgan fingerprint density at radius 2 is 1.73 bits per heavy atom. The van der Waals surface area contributed by atoms with Gasteiger partial charge in [0, 0.05) is 6.54 Å². The van der Waals surface area contributed by atoms with E-state index in [0.717, 1.165) is 25.7 Å². The van der Waals surface area contributed by atoms with Crippen LogP contribution in [0.4, 0.5) is 0 Å². The van der Waals surface area contributed by atoms with Gasteiger partial charge in [-0.3, -0.25) is 4.79 Å². The first-order valence-electron chi connectivity index (χ1n) is 5.90. The van der Waals surface area contributed by atoms with Crippen molar-refractivity contribution in [1.29, 1.82) is 0 Å². The quantitative estimate of drug-likeness (QED) is 0.371. The molecule has 0 unspecified atom stereocenters. The van der Waals surface area contributed by atoms with Gasteiger partial charge in [-0.1, -0.05) is 25.2 Å². The molecule has 0 atom stereocenters. The Hall–Kier alpha value is -1.05. The Balaban J connectivity index is 3.30. The minimum absolute atomic E-state index is 0.0170. The van der Waals surface area contributed by atoms with Crippen molar-refractivity contribution in [2.24, 2.45) is 0 Å². The highest BCUT2D eigenvalue weighted by molar-refractivity contribution is 5.87. The van der Waals surface area contributed by atoms with Crippen LogP contribution in [0, 0.1) is 0 Å². The van der Waals surface area contributed by atoms with E-state index in [-0.39, 0.29) is 5.91 Å². The number of hydrogen-bond donors (Lipinski definition) is 1. The van der Waals surface area contributed by atoms with Gasteiger partial charge in [0.2, 0.25) is 5.91 Å². The zero-order chi connectivity index (χ0) is 11.4. The van der Waals surface area contributed by atoms with Gasteiger partial charge in [-0.25, -0.2) is 0 Å². The van der Waals surface area contributed by atoms with Gasteiger partial charge in [0.1, 0.15) is 0 Å². The SMILES string of the molecule is CC/C=C\CCCC/C=C/C(=O)NCC. The van der Waals surface area contributed by atoms with E-state index in [1.54, 1.807) is 6.08 Å². The molecular weight excluding hydrogens is 186 g/mol. The average molecular weight is 209 g/mol. The summed E-state index contributed by atoms with van der Waals surface area (Å²) < 4.78 is 0. The fourth-order valence-corrected chi connectivity index (χ4v) is 1.23. The Morgan fingerprint density at radius 1 is 1.07 bits per heavy atom. The maximum absolute atomic E-state index is 11.0. The van der Waals surface area contributed by atoms with Gasteiger partial charge in [-0.15, -0.1) is 0 Å². The fraction of sp³-hybridized carbons (Fsp3) is 0.615. The monoisotopic (exact) mass is 209 g/mol. The molecule has 0 aromatic carbocycles. The standard InChI is InChI=1S/C13H23NO/c1-3-5-6-7-8-9-10-11-12-13(15)14-4-2/h5-6,11-12H,3-4,7-10H2,1-2H3,(H,14,15)/b6-5-,12-11+. The summed E-state index contributed by atoms with van der Waals surface area (Å²) in [5.74, 6) is 0.0170. The van der Waals surface area contributed by atoms with Gasteiger partial charge < -0.3 is 5.32 Å². The Labute approximate surface area is 93.5 Å². The third-order valence-electron chi connectivity index (χ3n) is 2.01. The highest BCUT2D eigenvalue weighted by Gasteiger charge is 1.89. The number of nitrogens with one attached hydrogen (secondary N) is 1. The fourth-order valence-electron chi connectivity index (χ4n) is 1.23. The minimum atomic E-state index is 0.0170. The van der Waals surface area contributed by atoms with Crippen molar-refractivity contribution in [3.05, 3.63) is 24.3 Å². The summed E-state index contributed by atoms with van der Waals surface area (Å²) in [6.45, 7) is 4.77. The van der Waals surface area contributed by atoms with Crippen molar-refractivity contribution in [2.75, 3.05) is 6.54 Å². The lowest BCUT2D eigenvalue weighted by Gasteiger charge is -1.95. The van der Waals surface area contributed by atoms with Gasteiger partial charge in [0.15, 0.2) is 0 Å². The predicted octanol–water partition coefficient (Wildman–Crippen LogP) is 3.21. The first-order chi connectivity index (χ1) is 7.31. The van der Waals surface area contributed by atoms with E-state index in [9.17, 15) is 4.79 Å². The van der Waals surface area contributed by atoms with Gasteiger partial charge in [0.05, 0.1) is 0 Å². The van der Waals surface area contributed by atoms with Gasteiger partial charge in [0.25, 0.3) is 0 Å². The molecule has 0 fully saturated rings. The summed E-state index contributed by atoms with van der Waals surface area (Å²) in [6.07, 6.45) is 13.6. The summed E-state index contributed by atoms with van der Waals surface area (Å²) in [6, 6.07) is 0. The number of unbranched alkanes of at least 4 members (excludes halogenated alkanes) is 3. The molecule has 0 aliphatic rings. The second kappa shape index (κ2) is 11.0. The zero-order valence-electron chi connectivity index (χ0n) is 9.96. The molecule has 1 amide bonds. The molecule has 0 aromatic rings. The first-order valence-corrected chi connectivity index (χ1v) is 5.90. The maximum Gasteiger partial charge on any atom is 0.243 e. The summed E-state index contributed by atoms with van der Waals surface area (Å²) in [4.78, 5) is 11.0. The highest BCUT2D eigenvalue weighted by atomic mass is 16.1. The van der Waals surface area contributed by atoms with E-state index in [2.05, 4.69) is 24.4 Å². The Kier molecular flexibility index (Phi) is 10.3. The zero-order valence-corrected chi connectivity index (χ0v) is 9.96. The third kappa shape index (κ3) is 10.9. The molecule has 0 rings (SSSR count). The number of hydrogen-bond acceptors (Lipinski definition) is 1. The third-order valence-corrected chi connectivity index (χ3v) is 2.01. The molecule has 2 nitrogen and oxygen atoms in total. The van der Waals surface area contributed by atoms with Crippen molar-refractivity contribution < 1.29 is 4.79 Å². The largest absolute Gasteiger partial charge is 0.353 e. The summed E-state index contributed by atoms with van der Waals surface area (Å²) >= 11 is 0. The van der Waals surface area contributed by atoms with E-state index in [0.29, 0.717) is 6.54 Å². The number of carbonyl (C=O) groups is 1. The van der Waals surface area contributed by atoms with Crippen LogP contribution >= 0.6 is 0 Å². The molecule has 0 radical (unpaired) electrons. The van der Waals surface area contributed by atoms with Crippen LogP contribution in [0.25, 0.3) is 0 Å². The molecule has 0 heterocycles. The second-order valence-electron chi connectivity index (χ2n) is 3.46. The number of likely N-dealkylation sites (N-methyl/N-ethyl adjacent to an activating group) is 1. The second-order valence-corrected chi connectivity index (χ2v) is 3.46. The van der Waals surface area contributed by atoms with E-state index in [1.807, 2.05) is 13.0 Å². The molecule has 1 N–H and O–H groups in total. The van der Waals surface area contributed by atoms with Crippen molar-refractivity contribution >= 4 is 5.91 Å². The van der Waals surface area contributed by atoms with Crippen LogP contribution < -0.4 is 5.32 Å². The van der Waals surface area contributed by atoms with E-state index >= 15 is 0 Å². The van der Waals surface area contributed by atoms with Crippen LogP contribution in [0.3, 0.4) is 0 Å². The summed E-state index contributed by atoms with van der Waals surface area (Å²) in [5, 5.41) is 2.73. The Bertz CT molecular complexity index is 207. The lowest BCUT2D eigenvalue weighted by Crippen LogP contribution is -2.19. The summed E-state index contributed by atoms with van der Waals surface area (Å²) in [7, 11) is 0. The normalized spacial score (nSPS) is 11.3. The topological polar surface area (TPSA) is 29.1 Å². The van der Waals surface area contributed by atoms with Gasteiger partial charge >= 0.3 is 0 Å². The molecule has 0 spiro atoms. The molecule has 0 aliphatic carbocycles. The smallest absolute Gasteiger partial charge is 0.243 e. The molecule has 2 heteroatoms. The van der Waals surface area contributed by atoms with Crippen molar-refractivity contribution in [3.63, 3.8) is 0 Å². The minimum Gasteiger partial charge on any atom is -0.353 e. The number of allylic oxidation sites excluding steroid dienone is 3. The molecule has 0 saturated carbocycles.